The normalized spacial score (nSPS) is 16.1. The minimum atomic E-state index is 0. The van der Waals surface area contributed by atoms with Crippen molar-refractivity contribution < 1.29 is 54.4 Å². The second-order valence-electron chi connectivity index (χ2n) is 4.07. The molecule has 0 aromatic heterocycles. The van der Waals surface area contributed by atoms with Crippen LogP contribution in [0.5, 0.6) is 0 Å². The zero-order valence-electron chi connectivity index (χ0n) is 9.61. The summed E-state index contributed by atoms with van der Waals surface area (Å²) in [4.78, 5) is 0. The van der Waals surface area contributed by atoms with E-state index in [2.05, 4.69) is 81.1 Å². The number of hydrogen-bond donors (Lipinski definition) is 0. The summed E-state index contributed by atoms with van der Waals surface area (Å²) in [6, 6.07) is 19.4. The van der Waals surface area contributed by atoms with Crippen molar-refractivity contribution in [2.24, 2.45) is 0 Å². The van der Waals surface area contributed by atoms with Gasteiger partial charge in [0.25, 0.3) is 0 Å². The van der Waals surface area contributed by atoms with Crippen molar-refractivity contribution in [1.29, 1.82) is 0 Å². The molecule has 2 aromatic rings. The second-order valence-corrected chi connectivity index (χ2v) is 4.97. The molecule has 0 bridgehead atoms. The van der Waals surface area contributed by atoms with Gasteiger partial charge in [-0.1, -0.05) is 0 Å². The van der Waals surface area contributed by atoms with Crippen molar-refractivity contribution >= 4 is 6.08 Å². The van der Waals surface area contributed by atoms with Gasteiger partial charge in [0.05, 0.1) is 0 Å². The summed E-state index contributed by atoms with van der Waals surface area (Å²) in [6.45, 7) is 0. The van der Waals surface area contributed by atoms with E-state index in [1.54, 1.807) is 0 Å². The Bertz CT molecular complexity index is 549. The summed E-state index contributed by atoms with van der Waals surface area (Å²) in [6.07, 6.45) is 2.30. The van der Waals surface area contributed by atoms with Crippen LogP contribution in [0.1, 0.15) is 22.6 Å². The fraction of sp³-hybridized carbons (Fsp3) is 0.0667. The fourth-order valence-electron chi connectivity index (χ4n) is 2.33. The Morgan fingerprint density at radius 1 is 0.778 bits per heavy atom. The van der Waals surface area contributed by atoms with Crippen LogP contribution in [0, 0.1) is 0 Å². The van der Waals surface area contributed by atoms with Gasteiger partial charge < -0.3 is 34.0 Å². The summed E-state index contributed by atoms with van der Waals surface area (Å²) in [5.41, 5.74) is 4.20. The van der Waals surface area contributed by atoms with Crippen molar-refractivity contribution in [3.05, 3.63) is 75.2 Å². The van der Waals surface area contributed by atoms with Gasteiger partial charge in [-0.05, 0) is 0 Å². The number of benzene rings is 2. The predicted octanol–water partition coefficient (Wildman–Crippen LogP) is -2.27. The van der Waals surface area contributed by atoms with Crippen molar-refractivity contribution in [2.45, 2.75) is 5.92 Å². The first-order valence-electron chi connectivity index (χ1n) is 5.43. The Morgan fingerprint density at radius 3 is 2.11 bits per heavy atom. The fourth-order valence-corrected chi connectivity index (χ4v) is 3.07. The van der Waals surface area contributed by atoms with Crippen molar-refractivity contribution in [3.8, 4) is 0 Å². The third-order valence-electron chi connectivity index (χ3n) is 3.06. The molecule has 3 heteroatoms. The van der Waals surface area contributed by atoms with Crippen LogP contribution in [-0.2, 0) is 20.4 Å². The van der Waals surface area contributed by atoms with E-state index in [1.165, 1.54) is 20.6 Å². The first-order valence-corrected chi connectivity index (χ1v) is 6.21. The topological polar surface area (TPSA) is 0 Å². The molecule has 0 N–H and O–H groups in total. The van der Waals surface area contributed by atoms with Gasteiger partial charge in [-0.25, -0.2) is 0 Å². The first kappa shape index (κ1) is 15.9. The second kappa shape index (κ2) is 6.86. The molecule has 0 amide bonds. The van der Waals surface area contributed by atoms with E-state index >= 15 is 0 Å². The summed E-state index contributed by atoms with van der Waals surface area (Å²) in [5, 5.41) is 0. The Morgan fingerprint density at radius 2 is 1.39 bits per heavy atom. The molecule has 0 fully saturated rings. The van der Waals surface area contributed by atoms with E-state index in [-0.39, 0.29) is 34.0 Å². The van der Waals surface area contributed by atoms with Gasteiger partial charge in [0.15, 0.2) is 0 Å². The van der Waals surface area contributed by atoms with Crippen LogP contribution in [-0.4, -0.2) is 0 Å². The van der Waals surface area contributed by atoms with E-state index < -0.39 is 0 Å². The summed E-state index contributed by atoms with van der Waals surface area (Å²) in [5.74, 6) is 0.456. The van der Waals surface area contributed by atoms with E-state index in [0.29, 0.717) is 5.92 Å². The maximum atomic E-state index is 2.30. The quantitative estimate of drug-likeness (QED) is 0.475. The molecule has 0 saturated carbocycles. The Kier molecular flexibility index (Phi) is 6.06. The Labute approximate surface area is 140 Å². The van der Waals surface area contributed by atoms with Gasteiger partial charge in [-0.2, -0.15) is 0 Å². The molecule has 1 aliphatic carbocycles. The third kappa shape index (κ3) is 2.88. The summed E-state index contributed by atoms with van der Waals surface area (Å²) in [7, 11) is 0. The van der Waals surface area contributed by atoms with Crippen LogP contribution < -0.4 is 34.0 Å². The van der Waals surface area contributed by atoms with Gasteiger partial charge >= 0.3 is 108 Å². The average molecular weight is 399 g/mol. The average Bonchev–Trinajstić information content (AvgIpc) is 2.66. The molecule has 3 rings (SSSR count). The van der Waals surface area contributed by atoms with Crippen LogP contribution in [0.25, 0.3) is 6.08 Å². The Balaban J connectivity index is 0.000000810. The summed E-state index contributed by atoms with van der Waals surface area (Å²) >= 11 is 2.22. The van der Waals surface area contributed by atoms with Gasteiger partial charge in [-0.15, -0.1) is 0 Å². The van der Waals surface area contributed by atoms with Crippen LogP contribution in [0.2, 0.25) is 0 Å². The van der Waals surface area contributed by atoms with Gasteiger partial charge in [-0.3, -0.25) is 0 Å². The van der Waals surface area contributed by atoms with Crippen LogP contribution in [0.3, 0.4) is 0 Å². The molecule has 0 nitrogen and oxygen atoms in total. The predicted molar refractivity (Wildman–Crippen MR) is 62.7 cm³/mol. The van der Waals surface area contributed by atoms with Crippen LogP contribution in [0.4, 0.5) is 0 Å². The number of halogens is 2. The molecule has 18 heavy (non-hydrogen) atoms. The minimum absolute atomic E-state index is 0. The molecular formula is C15H11Br2Ti. The first-order chi connectivity index (χ1) is 7.86. The SMILES string of the molecule is [Br-].[Br-].[Ti+2][C]1=Cc2ccccc2C1c1ccccc1. The monoisotopic (exact) mass is 397 g/mol. The molecule has 1 aliphatic rings. The van der Waals surface area contributed by atoms with Crippen molar-refractivity contribution in [1.82, 2.24) is 0 Å². The van der Waals surface area contributed by atoms with E-state index in [4.69, 9.17) is 0 Å². The molecule has 2 aromatic carbocycles. The number of allylic oxidation sites excluding steroid dienone is 1. The van der Waals surface area contributed by atoms with E-state index in [9.17, 15) is 0 Å². The molecule has 89 valence electrons. The molecule has 1 atom stereocenters. The van der Waals surface area contributed by atoms with Crippen molar-refractivity contribution in [2.75, 3.05) is 0 Å². The molecule has 1 unspecified atom stereocenters. The van der Waals surface area contributed by atoms with Crippen LogP contribution >= 0.6 is 0 Å². The third-order valence-corrected chi connectivity index (χ3v) is 3.74. The van der Waals surface area contributed by atoms with Gasteiger partial charge in [0, 0.05) is 0 Å². The standard InChI is InChI=1S/C15H11.2BrH.Ti/c1-2-6-12(7-3-1)15-11-10-13-8-4-5-9-14(13)15;;;/h1-10,15H;2*1H;/q;;;+2/p-2. The molecule has 0 spiro atoms. The number of rotatable bonds is 1. The Hall–Kier alpha value is -0.146. The van der Waals surface area contributed by atoms with Gasteiger partial charge in [0.1, 0.15) is 0 Å². The van der Waals surface area contributed by atoms with E-state index in [0.717, 1.165) is 0 Å². The van der Waals surface area contributed by atoms with Gasteiger partial charge in [0.2, 0.25) is 0 Å². The zero-order valence-corrected chi connectivity index (χ0v) is 14.3. The molecular weight excluding hydrogens is 388 g/mol. The summed E-state index contributed by atoms with van der Waals surface area (Å²) < 4.78 is 1.44. The van der Waals surface area contributed by atoms with Crippen molar-refractivity contribution in [3.63, 3.8) is 0 Å². The molecule has 0 radical (unpaired) electrons. The zero-order chi connectivity index (χ0) is 11.0. The van der Waals surface area contributed by atoms with Crippen LogP contribution in [0.15, 0.2) is 58.5 Å². The molecule has 0 aliphatic heterocycles. The van der Waals surface area contributed by atoms with E-state index in [1.807, 2.05) is 0 Å². The molecule has 0 saturated heterocycles. The number of hydrogen-bond acceptors (Lipinski definition) is 0. The number of fused-ring (bicyclic) bond motifs is 1. The maximum absolute atomic E-state index is 2.30. The molecule has 0 heterocycles.